The quantitative estimate of drug-likeness (QED) is 0.386. The van der Waals surface area contributed by atoms with Gasteiger partial charge in [0.1, 0.15) is 18.1 Å². The van der Waals surface area contributed by atoms with Gasteiger partial charge in [0.2, 0.25) is 5.76 Å². The van der Waals surface area contributed by atoms with Crippen LogP contribution in [0.2, 0.25) is 0 Å². The lowest BCUT2D eigenvalue weighted by molar-refractivity contribution is -0.0699. The number of methoxy groups -OCH3 is 1. The predicted molar refractivity (Wildman–Crippen MR) is 147 cm³/mol. The number of furan rings is 1. The lowest BCUT2D eigenvalue weighted by atomic mass is 9.93. The van der Waals surface area contributed by atoms with Crippen molar-refractivity contribution in [2.45, 2.75) is 52.2 Å². The van der Waals surface area contributed by atoms with Crippen LogP contribution in [-0.4, -0.2) is 62.5 Å². The Bertz CT molecular complexity index is 1290. The van der Waals surface area contributed by atoms with E-state index in [-0.39, 0.29) is 29.1 Å². The second-order valence-electron chi connectivity index (χ2n) is 10.7. The van der Waals surface area contributed by atoms with Gasteiger partial charge in [-0.25, -0.2) is 9.59 Å². The lowest BCUT2D eigenvalue weighted by Crippen LogP contribution is -2.46. The number of anilines is 2. The lowest BCUT2D eigenvalue weighted by Gasteiger charge is -2.35. The number of hydrogen-bond donors (Lipinski definition) is 2. The Kier molecular flexibility index (Phi) is 8.28. The fraction of sp³-hybridized carbons (Fsp3) is 0.448. The van der Waals surface area contributed by atoms with Gasteiger partial charge >= 0.3 is 12.0 Å². The molecule has 9 nitrogen and oxygen atoms in total. The van der Waals surface area contributed by atoms with Gasteiger partial charge in [0.05, 0.1) is 30.7 Å². The molecule has 1 aliphatic heterocycles. The molecule has 1 aromatic heterocycles. The number of nitrogens with zero attached hydrogens (tertiary/aromatic N) is 1. The normalized spacial score (nSPS) is 18.3. The summed E-state index contributed by atoms with van der Waals surface area (Å²) >= 11 is 0. The number of benzene rings is 2. The highest BCUT2D eigenvalue weighted by atomic mass is 16.5. The van der Waals surface area contributed by atoms with Crippen LogP contribution in [0.1, 0.15) is 50.9 Å². The third-order valence-electron chi connectivity index (χ3n) is 6.38. The van der Waals surface area contributed by atoms with Crippen LogP contribution in [0.5, 0.6) is 5.75 Å². The number of nitrogens with one attached hydrogen (secondary N) is 2. The molecular formula is C29H37N3O6. The predicted octanol–water partition coefficient (Wildman–Crippen LogP) is 5.65. The maximum absolute atomic E-state index is 13.0. The third-order valence-corrected chi connectivity index (χ3v) is 6.38. The number of ether oxygens (including phenoxy) is 3. The van der Waals surface area contributed by atoms with Crippen molar-refractivity contribution in [2.75, 3.05) is 44.0 Å². The standard InChI is InChI=1S/C29H37N3O6/c1-18-16-32(17-19(2)37-18)13-14-36-24-12-11-22(20-9-7-8-10-21(20)24)30-28(34)31-23-15-25(29(3,4)5)38-26(23)27(33)35-6/h7-12,15,18-19H,13-14,16-17H2,1-6H3,(H2,30,31,34). The van der Waals surface area contributed by atoms with E-state index in [1.54, 1.807) is 6.07 Å². The molecule has 1 aliphatic rings. The van der Waals surface area contributed by atoms with Crippen molar-refractivity contribution < 1.29 is 28.2 Å². The Labute approximate surface area is 223 Å². The second-order valence-corrected chi connectivity index (χ2v) is 10.7. The van der Waals surface area contributed by atoms with Crippen LogP contribution in [0.25, 0.3) is 10.8 Å². The zero-order chi connectivity index (χ0) is 27.4. The average Bonchev–Trinajstić information content (AvgIpc) is 3.28. The van der Waals surface area contributed by atoms with E-state index in [1.165, 1.54) is 7.11 Å². The Morgan fingerprint density at radius 3 is 2.32 bits per heavy atom. The minimum atomic E-state index is -0.663. The molecule has 9 heteroatoms. The van der Waals surface area contributed by atoms with Gasteiger partial charge in [-0.2, -0.15) is 0 Å². The number of urea groups is 1. The van der Waals surface area contributed by atoms with Crippen molar-refractivity contribution in [2.24, 2.45) is 0 Å². The maximum atomic E-state index is 13.0. The zero-order valence-corrected chi connectivity index (χ0v) is 22.9. The molecule has 0 bridgehead atoms. The van der Waals surface area contributed by atoms with E-state index in [4.69, 9.17) is 18.6 Å². The van der Waals surface area contributed by atoms with Gasteiger partial charge in [0, 0.05) is 41.9 Å². The highest BCUT2D eigenvalue weighted by Gasteiger charge is 2.27. The van der Waals surface area contributed by atoms with Crippen LogP contribution in [0.15, 0.2) is 46.9 Å². The smallest absolute Gasteiger partial charge is 0.376 e. The highest BCUT2D eigenvalue weighted by Crippen LogP contribution is 2.33. The molecule has 1 saturated heterocycles. The summed E-state index contributed by atoms with van der Waals surface area (Å²) in [4.78, 5) is 27.6. The van der Waals surface area contributed by atoms with Gasteiger partial charge in [0.15, 0.2) is 0 Å². The average molecular weight is 524 g/mol. The summed E-state index contributed by atoms with van der Waals surface area (Å²) in [5.41, 5.74) is 0.499. The summed E-state index contributed by atoms with van der Waals surface area (Å²) in [5.74, 6) is 0.591. The summed E-state index contributed by atoms with van der Waals surface area (Å²) < 4.78 is 22.5. The zero-order valence-electron chi connectivity index (χ0n) is 22.9. The first-order valence-electron chi connectivity index (χ1n) is 12.9. The van der Waals surface area contributed by atoms with Crippen LogP contribution >= 0.6 is 0 Å². The molecular weight excluding hydrogens is 486 g/mol. The van der Waals surface area contributed by atoms with E-state index in [2.05, 4.69) is 29.4 Å². The molecule has 2 amide bonds. The molecule has 2 N–H and O–H groups in total. The van der Waals surface area contributed by atoms with Crippen LogP contribution < -0.4 is 15.4 Å². The minimum Gasteiger partial charge on any atom is -0.492 e. The molecule has 0 radical (unpaired) electrons. The summed E-state index contributed by atoms with van der Waals surface area (Å²) in [6.07, 6.45) is 0.420. The Morgan fingerprint density at radius 1 is 1.00 bits per heavy atom. The monoisotopic (exact) mass is 523 g/mol. The number of fused-ring (bicyclic) bond motifs is 1. The number of morpholine rings is 1. The Morgan fingerprint density at radius 2 is 1.66 bits per heavy atom. The molecule has 2 aromatic carbocycles. The first kappa shape index (κ1) is 27.5. The van der Waals surface area contributed by atoms with Crippen molar-refractivity contribution in [1.82, 2.24) is 4.90 Å². The van der Waals surface area contributed by atoms with Crippen molar-refractivity contribution in [3.05, 3.63) is 54.0 Å². The first-order chi connectivity index (χ1) is 18.0. The van der Waals surface area contributed by atoms with Gasteiger partial charge < -0.3 is 29.3 Å². The number of rotatable bonds is 7. The molecule has 204 valence electrons. The Hall–Kier alpha value is -3.56. The van der Waals surface area contributed by atoms with Gasteiger partial charge in [-0.3, -0.25) is 4.90 Å². The van der Waals surface area contributed by atoms with E-state index in [1.807, 2.05) is 57.2 Å². The number of carbonyl (C=O) groups is 2. The van der Waals surface area contributed by atoms with Crippen LogP contribution in [0.3, 0.4) is 0 Å². The highest BCUT2D eigenvalue weighted by molar-refractivity contribution is 6.09. The van der Waals surface area contributed by atoms with E-state index in [9.17, 15) is 9.59 Å². The number of amides is 2. The summed E-state index contributed by atoms with van der Waals surface area (Å²) in [6.45, 7) is 13.2. The van der Waals surface area contributed by atoms with E-state index in [0.717, 1.165) is 36.2 Å². The third kappa shape index (κ3) is 6.46. The topological polar surface area (TPSA) is 102 Å². The van der Waals surface area contributed by atoms with E-state index >= 15 is 0 Å². The molecule has 0 spiro atoms. The summed E-state index contributed by atoms with van der Waals surface area (Å²) in [6, 6.07) is 12.6. The molecule has 0 aliphatic carbocycles. The fourth-order valence-electron chi connectivity index (χ4n) is 4.63. The van der Waals surface area contributed by atoms with Crippen LogP contribution in [0, 0.1) is 0 Å². The van der Waals surface area contributed by atoms with Crippen molar-refractivity contribution in [3.63, 3.8) is 0 Å². The minimum absolute atomic E-state index is 0.0507. The number of esters is 1. The van der Waals surface area contributed by atoms with Crippen molar-refractivity contribution in [1.29, 1.82) is 0 Å². The molecule has 2 atom stereocenters. The molecule has 0 saturated carbocycles. The summed E-state index contributed by atoms with van der Waals surface area (Å²) in [7, 11) is 1.27. The molecule has 1 fully saturated rings. The Balaban J connectivity index is 1.47. The van der Waals surface area contributed by atoms with Gasteiger partial charge in [0.25, 0.3) is 0 Å². The van der Waals surface area contributed by atoms with Gasteiger partial charge in [-0.15, -0.1) is 0 Å². The molecule has 2 unspecified atom stereocenters. The molecule has 2 heterocycles. The van der Waals surface area contributed by atoms with E-state index in [0.29, 0.717) is 18.1 Å². The molecule has 38 heavy (non-hydrogen) atoms. The molecule has 3 aromatic rings. The first-order valence-corrected chi connectivity index (χ1v) is 12.9. The molecule has 4 rings (SSSR count). The van der Waals surface area contributed by atoms with Crippen molar-refractivity contribution >= 4 is 34.1 Å². The summed E-state index contributed by atoms with van der Waals surface area (Å²) in [5, 5.41) is 7.35. The van der Waals surface area contributed by atoms with Gasteiger partial charge in [-0.05, 0) is 26.0 Å². The maximum Gasteiger partial charge on any atom is 0.376 e. The van der Waals surface area contributed by atoms with Crippen LogP contribution in [-0.2, 0) is 14.9 Å². The second kappa shape index (κ2) is 11.4. The largest absolute Gasteiger partial charge is 0.492 e. The number of carbonyl (C=O) groups excluding carboxylic acids is 2. The van der Waals surface area contributed by atoms with Gasteiger partial charge in [-0.1, -0.05) is 45.0 Å². The van der Waals surface area contributed by atoms with Crippen LogP contribution in [0.4, 0.5) is 16.2 Å². The SMILES string of the molecule is COC(=O)c1oc(C(C)(C)C)cc1NC(=O)Nc1ccc(OCCN2CC(C)OC(C)C2)c2ccccc12. The number of hydrogen-bond acceptors (Lipinski definition) is 7. The fourth-order valence-corrected chi connectivity index (χ4v) is 4.63. The van der Waals surface area contributed by atoms with E-state index < -0.39 is 12.0 Å². The van der Waals surface area contributed by atoms with Crippen molar-refractivity contribution in [3.8, 4) is 5.75 Å².